The highest BCUT2D eigenvalue weighted by Crippen LogP contribution is 2.28. The molecule has 0 spiro atoms. The Hall–Kier alpha value is -1.82. The molecule has 2 fully saturated rings. The number of carbonyl (C=O) groups excluding carboxylic acids is 2. The molecular formula is C23H38N4O2. The lowest BCUT2D eigenvalue weighted by Gasteiger charge is -2.37. The van der Waals surface area contributed by atoms with Crippen molar-refractivity contribution >= 4 is 11.8 Å². The molecule has 162 valence electrons. The molecule has 6 heteroatoms. The molecule has 0 bridgehead atoms. The van der Waals surface area contributed by atoms with Crippen LogP contribution in [0.4, 0.5) is 0 Å². The molecule has 1 aliphatic heterocycles. The van der Waals surface area contributed by atoms with Crippen molar-refractivity contribution in [2.45, 2.75) is 103 Å². The van der Waals surface area contributed by atoms with Crippen LogP contribution in [0.5, 0.6) is 0 Å². The third-order valence-electron chi connectivity index (χ3n) is 6.11. The Bertz CT molecular complexity index is 733. The van der Waals surface area contributed by atoms with Crippen molar-refractivity contribution < 1.29 is 9.59 Å². The van der Waals surface area contributed by atoms with E-state index in [9.17, 15) is 9.59 Å². The second-order valence-corrected chi connectivity index (χ2v) is 10.8. The first-order chi connectivity index (χ1) is 13.4. The maximum absolute atomic E-state index is 12.9. The van der Waals surface area contributed by atoms with E-state index in [4.69, 9.17) is 0 Å². The van der Waals surface area contributed by atoms with Crippen molar-refractivity contribution in [1.82, 2.24) is 20.5 Å². The SMILES string of the molecule is CC(C)(C)NC1CCC(N2CC[C@H](NC(=O)c3cc(C(C)(C)C)c[nH]3)C2=O)CC1. The van der Waals surface area contributed by atoms with Crippen LogP contribution in [-0.4, -0.2) is 51.9 Å². The minimum atomic E-state index is -0.408. The fourth-order valence-electron chi connectivity index (χ4n) is 4.54. The number of likely N-dealkylation sites (tertiary alicyclic amines) is 1. The lowest BCUT2D eigenvalue weighted by molar-refractivity contribution is -0.131. The van der Waals surface area contributed by atoms with E-state index in [0.29, 0.717) is 24.2 Å². The van der Waals surface area contributed by atoms with Gasteiger partial charge in [-0.2, -0.15) is 0 Å². The first kappa shape index (κ1) is 21.9. The van der Waals surface area contributed by atoms with E-state index in [-0.39, 0.29) is 22.8 Å². The van der Waals surface area contributed by atoms with Crippen LogP contribution < -0.4 is 10.6 Å². The van der Waals surface area contributed by atoms with Crippen molar-refractivity contribution in [2.24, 2.45) is 0 Å². The van der Waals surface area contributed by atoms with Crippen LogP contribution in [0.3, 0.4) is 0 Å². The van der Waals surface area contributed by atoms with Crippen LogP contribution in [-0.2, 0) is 10.2 Å². The van der Waals surface area contributed by atoms with Gasteiger partial charge in [0.05, 0.1) is 0 Å². The summed E-state index contributed by atoms with van der Waals surface area (Å²) in [5, 5.41) is 6.63. The molecule has 1 saturated heterocycles. The van der Waals surface area contributed by atoms with E-state index in [1.165, 1.54) is 0 Å². The van der Waals surface area contributed by atoms with E-state index < -0.39 is 6.04 Å². The number of amides is 2. The predicted molar refractivity (Wildman–Crippen MR) is 116 cm³/mol. The summed E-state index contributed by atoms with van der Waals surface area (Å²) in [7, 11) is 0. The second-order valence-electron chi connectivity index (χ2n) is 10.8. The van der Waals surface area contributed by atoms with Crippen LogP contribution >= 0.6 is 0 Å². The lowest BCUT2D eigenvalue weighted by Crippen LogP contribution is -2.49. The van der Waals surface area contributed by atoms with Gasteiger partial charge in [0.25, 0.3) is 5.91 Å². The molecule has 0 unspecified atom stereocenters. The Labute approximate surface area is 175 Å². The summed E-state index contributed by atoms with van der Waals surface area (Å²) in [4.78, 5) is 30.6. The van der Waals surface area contributed by atoms with Crippen molar-refractivity contribution in [1.29, 1.82) is 0 Å². The topological polar surface area (TPSA) is 77.2 Å². The normalized spacial score (nSPS) is 26.1. The molecule has 3 N–H and O–H groups in total. The highest BCUT2D eigenvalue weighted by Gasteiger charge is 2.38. The van der Waals surface area contributed by atoms with Crippen LogP contribution in [0.15, 0.2) is 12.3 Å². The third-order valence-corrected chi connectivity index (χ3v) is 6.11. The summed E-state index contributed by atoms with van der Waals surface area (Å²) in [6.07, 6.45) is 6.83. The molecule has 1 saturated carbocycles. The summed E-state index contributed by atoms with van der Waals surface area (Å²) in [6.45, 7) is 13.7. The van der Waals surface area contributed by atoms with E-state index in [2.05, 4.69) is 57.2 Å². The average molecular weight is 403 g/mol. The van der Waals surface area contributed by atoms with Gasteiger partial charge in [-0.25, -0.2) is 0 Å². The molecule has 2 amide bonds. The summed E-state index contributed by atoms with van der Waals surface area (Å²) in [5.74, 6) is -0.119. The Morgan fingerprint density at radius 2 is 1.72 bits per heavy atom. The molecule has 29 heavy (non-hydrogen) atoms. The van der Waals surface area contributed by atoms with E-state index in [0.717, 1.165) is 37.8 Å². The molecule has 0 radical (unpaired) electrons. The Morgan fingerprint density at radius 1 is 1.07 bits per heavy atom. The summed E-state index contributed by atoms with van der Waals surface area (Å²) < 4.78 is 0. The van der Waals surface area contributed by atoms with Gasteiger partial charge in [0.15, 0.2) is 0 Å². The highest BCUT2D eigenvalue weighted by molar-refractivity contribution is 5.97. The largest absolute Gasteiger partial charge is 0.357 e. The summed E-state index contributed by atoms with van der Waals surface area (Å²) in [5.41, 5.74) is 1.72. The lowest BCUT2D eigenvalue weighted by atomic mass is 9.89. The maximum atomic E-state index is 12.9. The fourth-order valence-corrected chi connectivity index (χ4v) is 4.54. The van der Waals surface area contributed by atoms with Gasteiger partial charge in [-0.3, -0.25) is 9.59 Å². The van der Waals surface area contributed by atoms with Gasteiger partial charge in [-0.05, 0) is 69.9 Å². The first-order valence-corrected chi connectivity index (χ1v) is 11.0. The smallest absolute Gasteiger partial charge is 0.268 e. The molecule has 1 aromatic heterocycles. The number of aromatic nitrogens is 1. The van der Waals surface area contributed by atoms with E-state index in [1.54, 1.807) is 0 Å². The van der Waals surface area contributed by atoms with Crippen LogP contribution in [0.25, 0.3) is 0 Å². The van der Waals surface area contributed by atoms with Gasteiger partial charge in [0.1, 0.15) is 11.7 Å². The van der Waals surface area contributed by atoms with Gasteiger partial charge in [-0.1, -0.05) is 20.8 Å². The number of nitrogens with zero attached hydrogens (tertiary/aromatic N) is 1. The predicted octanol–water partition coefficient (Wildman–Crippen LogP) is 3.34. The van der Waals surface area contributed by atoms with Gasteiger partial charge in [0, 0.05) is 30.4 Å². The number of hydrogen-bond donors (Lipinski definition) is 3. The Kier molecular flexibility index (Phi) is 6.13. The molecule has 0 aromatic carbocycles. The number of nitrogens with one attached hydrogen (secondary N) is 3. The zero-order valence-corrected chi connectivity index (χ0v) is 18.9. The molecule has 6 nitrogen and oxygen atoms in total. The zero-order chi connectivity index (χ0) is 21.4. The highest BCUT2D eigenvalue weighted by atomic mass is 16.2. The van der Waals surface area contributed by atoms with Crippen LogP contribution in [0.2, 0.25) is 0 Å². The van der Waals surface area contributed by atoms with Crippen molar-refractivity contribution in [3.05, 3.63) is 23.5 Å². The fraction of sp³-hybridized carbons (Fsp3) is 0.739. The third kappa shape index (κ3) is 5.41. The first-order valence-electron chi connectivity index (χ1n) is 11.0. The molecule has 1 aliphatic carbocycles. The standard InChI is InChI=1S/C23H38N4O2/c1-22(2,3)15-13-19(24-14-15)20(28)25-18-11-12-27(21(18)29)17-9-7-16(8-10-17)26-23(4,5)6/h13-14,16-18,24,26H,7-12H2,1-6H3,(H,25,28)/t16?,17?,18-/m0/s1. The molecular weight excluding hydrogens is 364 g/mol. The molecule has 2 aliphatic rings. The number of carbonyl (C=O) groups is 2. The number of rotatable bonds is 4. The van der Waals surface area contributed by atoms with Crippen LogP contribution in [0.1, 0.15) is 89.7 Å². The summed E-state index contributed by atoms with van der Waals surface area (Å²) >= 11 is 0. The van der Waals surface area contributed by atoms with Crippen molar-refractivity contribution in [2.75, 3.05) is 6.54 Å². The van der Waals surface area contributed by atoms with E-state index >= 15 is 0 Å². The van der Waals surface area contributed by atoms with Gasteiger partial charge >= 0.3 is 0 Å². The quantitative estimate of drug-likeness (QED) is 0.723. The van der Waals surface area contributed by atoms with Crippen LogP contribution in [0, 0.1) is 0 Å². The summed E-state index contributed by atoms with van der Waals surface area (Å²) in [6, 6.07) is 2.31. The van der Waals surface area contributed by atoms with Crippen molar-refractivity contribution in [3.63, 3.8) is 0 Å². The maximum Gasteiger partial charge on any atom is 0.268 e. The molecule has 2 heterocycles. The number of hydrogen-bond acceptors (Lipinski definition) is 3. The number of aromatic amines is 1. The van der Waals surface area contributed by atoms with Crippen molar-refractivity contribution in [3.8, 4) is 0 Å². The second kappa shape index (κ2) is 8.13. The minimum Gasteiger partial charge on any atom is -0.357 e. The Balaban J connectivity index is 1.52. The van der Waals surface area contributed by atoms with Gasteiger partial charge in [0.2, 0.25) is 5.91 Å². The van der Waals surface area contributed by atoms with Gasteiger partial charge in [-0.15, -0.1) is 0 Å². The van der Waals surface area contributed by atoms with E-state index in [1.807, 2.05) is 17.2 Å². The molecule has 1 aromatic rings. The zero-order valence-electron chi connectivity index (χ0n) is 18.9. The number of H-pyrrole nitrogens is 1. The Morgan fingerprint density at radius 3 is 2.28 bits per heavy atom. The minimum absolute atomic E-state index is 0.0182. The van der Waals surface area contributed by atoms with Gasteiger partial charge < -0.3 is 20.5 Å². The monoisotopic (exact) mass is 402 g/mol. The molecule has 3 rings (SSSR count). The molecule has 1 atom stereocenters. The average Bonchev–Trinajstić information content (AvgIpc) is 3.22.